The molecule has 0 heterocycles. The van der Waals surface area contributed by atoms with Crippen LogP contribution in [0.3, 0.4) is 0 Å². The summed E-state index contributed by atoms with van der Waals surface area (Å²) in [4.78, 5) is 17.4. The van der Waals surface area contributed by atoms with Crippen LogP contribution in [0.1, 0.15) is 60.7 Å². The first-order chi connectivity index (χ1) is 21.3. The fraction of sp³-hybridized carbons (Fsp3) is 0.333. The molecular weight excluding hydrogens is 572 g/mol. The highest BCUT2D eigenvalue weighted by Gasteiger charge is 2.12. The summed E-state index contributed by atoms with van der Waals surface area (Å²) in [5, 5.41) is 15.8. The number of phenols is 1. The number of phenolic OH excluding ortho intramolecular Hbond substituents is 1. The number of halogens is 1. The molecule has 0 spiro atoms. The number of benzene rings is 4. The van der Waals surface area contributed by atoms with Gasteiger partial charge in [0, 0.05) is 42.7 Å². The number of nitrogens with zero attached hydrogens (tertiary/aromatic N) is 3. The number of amides is 1. The van der Waals surface area contributed by atoms with E-state index in [2.05, 4.69) is 72.3 Å². The van der Waals surface area contributed by atoms with Crippen LogP contribution < -0.4 is 10.2 Å². The molecule has 0 saturated carbocycles. The quantitative estimate of drug-likeness (QED) is 0.108. The third-order valence-electron chi connectivity index (χ3n) is 7.84. The topological polar surface area (TPSA) is 77.4 Å². The zero-order valence-electron chi connectivity index (χ0n) is 26.1. The van der Waals surface area contributed by atoms with E-state index < -0.39 is 5.91 Å². The summed E-state index contributed by atoms with van der Waals surface area (Å²) in [5.74, 6) is 0.830. The molecule has 0 unspecified atom stereocenters. The molecule has 4 rings (SSSR count). The highest BCUT2D eigenvalue weighted by molar-refractivity contribution is 6.32. The van der Waals surface area contributed by atoms with Crippen LogP contribution in [0.15, 0.2) is 84.0 Å². The molecular formula is C36H43ClN4O3. The first-order valence-electron chi connectivity index (χ1n) is 15.3. The molecule has 7 nitrogen and oxygen atoms in total. The maximum Gasteiger partial charge on any atom is 0.271 e. The van der Waals surface area contributed by atoms with Crippen molar-refractivity contribution in [1.29, 1.82) is 0 Å². The molecule has 4 aromatic rings. The number of carbonyl (C=O) groups is 1. The zero-order chi connectivity index (χ0) is 31.5. The smallest absolute Gasteiger partial charge is 0.271 e. The van der Waals surface area contributed by atoms with E-state index in [4.69, 9.17) is 16.3 Å². The number of hydrazone groups is 1. The van der Waals surface area contributed by atoms with Crippen molar-refractivity contribution in [3.8, 4) is 11.5 Å². The van der Waals surface area contributed by atoms with E-state index in [-0.39, 0.29) is 10.8 Å². The van der Waals surface area contributed by atoms with Gasteiger partial charge in [-0.25, -0.2) is 5.43 Å². The van der Waals surface area contributed by atoms with Gasteiger partial charge < -0.3 is 14.7 Å². The fourth-order valence-corrected chi connectivity index (χ4v) is 5.23. The van der Waals surface area contributed by atoms with E-state index in [1.807, 2.05) is 36.4 Å². The molecule has 1 amide bonds. The third-order valence-corrected chi connectivity index (χ3v) is 8.14. The maximum atomic E-state index is 12.5. The largest absolute Gasteiger partial charge is 0.506 e. The molecule has 44 heavy (non-hydrogen) atoms. The van der Waals surface area contributed by atoms with Crippen LogP contribution in [0.5, 0.6) is 11.5 Å². The molecule has 0 saturated heterocycles. The van der Waals surface area contributed by atoms with Crippen molar-refractivity contribution in [3.05, 3.63) is 106 Å². The molecule has 0 fully saturated rings. The Morgan fingerprint density at radius 2 is 1.64 bits per heavy atom. The summed E-state index contributed by atoms with van der Waals surface area (Å²) in [6, 6.07) is 25.1. The van der Waals surface area contributed by atoms with Crippen LogP contribution in [-0.4, -0.2) is 66.4 Å². The molecule has 0 bridgehead atoms. The Bertz CT molecular complexity index is 1550. The van der Waals surface area contributed by atoms with Crippen molar-refractivity contribution >= 4 is 34.5 Å². The molecule has 2 N–H and O–H groups in total. The second-order valence-electron chi connectivity index (χ2n) is 11.1. The number of aromatic hydroxyl groups is 1. The summed E-state index contributed by atoms with van der Waals surface area (Å²) < 4.78 is 6.37. The van der Waals surface area contributed by atoms with Gasteiger partial charge in [0.15, 0.2) is 0 Å². The summed E-state index contributed by atoms with van der Waals surface area (Å²) in [6.07, 6.45) is 1.62. The molecule has 0 aliphatic heterocycles. The summed E-state index contributed by atoms with van der Waals surface area (Å²) in [7, 11) is 0. The molecule has 0 aromatic heterocycles. The van der Waals surface area contributed by atoms with E-state index >= 15 is 0 Å². The van der Waals surface area contributed by atoms with Gasteiger partial charge in [-0.1, -0.05) is 87.8 Å². The lowest BCUT2D eigenvalue weighted by atomic mass is 10.0. The van der Waals surface area contributed by atoms with Crippen LogP contribution >= 0.6 is 11.6 Å². The Morgan fingerprint density at radius 3 is 2.32 bits per heavy atom. The standard InChI is InChI=1S/C36H43ClN4O3/c1-5-40(6-2)19-20-41(25-27-11-13-28(14-12-27)26(3)4)21-22-44-35-18-16-30(31-9-7-8-10-32(31)35)24-38-39-36(43)29-15-17-34(42)33(37)23-29/h7-18,23-24,26,42H,5-6,19-22,25H2,1-4H3,(H,39,43)/b38-24+. The van der Waals surface area contributed by atoms with Gasteiger partial charge in [0.25, 0.3) is 5.91 Å². The first kappa shape index (κ1) is 33.0. The predicted molar refractivity (Wildman–Crippen MR) is 181 cm³/mol. The second kappa shape index (κ2) is 16.2. The number of rotatable bonds is 15. The predicted octanol–water partition coefficient (Wildman–Crippen LogP) is 7.31. The van der Waals surface area contributed by atoms with Crippen molar-refractivity contribution in [3.63, 3.8) is 0 Å². The molecule has 0 atom stereocenters. The number of ether oxygens (including phenoxy) is 1. The minimum Gasteiger partial charge on any atom is -0.506 e. The number of nitrogens with one attached hydrogen (secondary N) is 1. The summed E-state index contributed by atoms with van der Waals surface area (Å²) in [6.45, 7) is 15.2. The van der Waals surface area contributed by atoms with Gasteiger partial charge >= 0.3 is 0 Å². The Balaban J connectivity index is 1.42. The zero-order valence-corrected chi connectivity index (χ0v) is 26.8. The highest BCUT2D eigenvalue weighted by atomic mass is 35.5. The highest BCUT2D eigenvalue weighted by Crippen LogP contribution is 2.28. The average Bonchev–Trinajstić information content (AvgIpc) is 3.03. The van der Waals surface area contributed by atoms with Gasteiger partial charge in [0.1, 0.15) is 18.1 Å². The number of hydrogen-bond donors (Lipinski definition) is 2. The summed E-state index contributed by atoms with van der Waals surface area (Å²) >= 11 is 5.93. The first-order valence-corrected chi connectivity index (χ1v) is 15.7. The molecule has 8 heteroatoms. The van der Waals surface area contributed by atoms with Gasteiger partial charge in [-0.05, 0) is 65.9 Å². The minimum atomic E-state index is -0.422. The van der Waals surface area contributed by atoms with E-state index in [9.17, 15) is 9.90 Å². The number of hydrogen-bond acceptors (Lipinski definition) is 6. The van der Waals surface area contributed by atoms with Gasteiger partial charge in [-0.3, -0.25) is 9.69 Å². The van der Waals surface area contributed by atoms with Gasteiger partial charge in [0.05, 0.1) is 11.2 Å². The third kappa shape index (κ3) is 9.05. The Labute approximate surface area is 266 Å². The van der Waals surface area contributed by atoms with Gasteiger partial charge in [-0.2, -0.15) is 5.10 Å². The molecule has 0 aliphatic rings. The number of carbonyl (C=O) groups excluding carboxylic acids is 1. The van der Waals surface area contributed by atoms with Gasteiger partial charge in [0.2, 0.25) is 0 Å². The molecule has 4 aromatic carbocycles. The van der Waals surface area contributed by atoms with E-state index in [1.165, 1.54) is 29.3 Å². The summed E-state index contributed by atoms with van der Waals surface area (Å²) in [5.41, 5.74) is 6.35. The Hall–Kier alpha value is -3.91. The SMILES string of the molecule is CCN(CC)CCN(CCOc1ccc(/C=N/NC(=O)c2ccc(O)c(Cl)c2)c2ccccc12)Cc1ccc(C(C)C)cc1. The average molecular weight is 615 g/mol. The van der Waals surface area contributed by atoms with Gasteiger partial charge in [-0.15, -0.1) is 0 Å². The maximum absolute atomic E-state index is 12.5. The normalized spacial score (nSPS) is 11.7. The molecule has 0 radical (unpaired) electrons. The number of fused-ring (bicyclic) bond motifs is 1. The van der Waals surface area contributed by atoms with Crippen molar-refractivity contribution in [2.75, 3.05) is 39.3 Å². The second-order valence-corrected chi connectivity index (χ2v) is 11.5. The Morgan fingerprint density at radius 1 is 0.932 bits per heavy atom. The van der Waals surface area contributed by atoms with Crippen molar-refractivity contribution in [1.82, 2.24) is 15.2 Å². The lowest BCUT2D eigenvalue weighted by Crippen LogP contribution is -2.36. The van der Waals surface area contributed by atoms with Crippen molar-refractivity contribution in [2.45, 2.75) is 40.2 Å². The Kier molecular flexibility index (Phi) is 12.2. The van der Waals surface area contributed by atoms with Crippen molar-refractivity contribution < 1.29 is 14.6 Å². The minimum absolute atomic E-state index is 0.0794. The van der Waals surface area contributed by atoms with Crippen LogP contribution in [0.2, 0.25) is 5.02 Å². The number of likely N-dealkylation sites (N-methyl/N-ethyl adjacent to an activating group) is 1. The van der Waals surface area contributed by atoms with E-state index in [0.29, 0.717) is 18.1 Å². The molecule has 232 valence electrons. The van der Waals surface area contributed by atoms with Crippen molar-refractivity contribution in [2.24, 2.45) is 5.10 Å². The van der Waals surface area contributed by atoms with Crippen LogP contribution in [0, 0.1) is 0 Å². The van der Waals surface area contributed by atoms with E-state index in [1.54, 1.807) is 6.21 Å². The van der Waals surface area contributed by atoms with Crippen LogP contribution in [0.4, 0.5) is 0 Å². The van der Waals surface area contributed by atoms with Crippen LogP contribution in [0.25, 0.3) is 10.8 Å². The molecule has 0 aliphatic carbocycles. The van der Waals surface area contributed by atoms with E-state index in [0.717, 1.165) is 61.4 Å². The van der Waals surface area contributed by atoms with Crippen LogP contribution in [-0.2, 0) is 6.54 Å². The lowest BCUT2D eigenvalue weighted by Gasteiger charge is -2.26. The monoisotopic (exact) mass is 614 g/mol. The lowest BCUT2D eigenvalue weighted by molar-refractivity contribution is 0.0955. The fourth-order valence-electron chi connectivity index (χ4n) is 5.05.